The maximum absolute atomic E-state index is 5.71. The summed E-state index contributed by atoms with van der Waals surface area (Å²) in [6.45, 7) is 6.31. The second-order valence-corrected chi connectivity index (χ2v) is 2.70. The Kier molecular flexibility index (Phi) is 4.41. The van der Waals surface area contributed by atoms with Gasteiger partial charge in [0.2, 0.25) is 0 Å². The van der Waals surface area contributed by atoms with Crippen molar-refractivity contribution in [2.24, 2.45) is 5.73 Å². The lowest BCUT2D eigenvalue weighted by molar-refractivity contribution is 0.700. The lowest BCUT2D eigenvalue weighted by Gasteiger charge is -2.03. The molecule has 9 heavy (non-hydrogen) atoms. The monoisotopic (exact) mass is 127 g/mol. The molecule has 0 saturated heterocycles. The third-order valence-corrected chi connectivity index (χ3v) is 1.17. The van der Waals surface area contributed by atoms with Crippen molar-refractivity contribution in [2.45, 2.75) is 39.7 Å². The first-order valence-electron chi connectivity index (χ1n) is 3.57. The van der Waals surface area contributed by atoms with Gasteiger partial charge in [0.05, 0.1) is 0 Å². The highest BCUT2D eigenvalue weighted by molar-refractivity contribution is 4.99. The van der Waals surface area contributed by atoms with Gasteiger partial charge in [-0.1, -0.05) is 25.0 Å². The fourth-order valence-corrected chi connectivity index (χ4v) is 0.845. The van der Waals surface area contributed by atoms with E-state index in [9.17, 15) is 0 Å². The fraction of sp³-hybridized carbons (Fsp3) is 0.750. The summed E-state index contributed by atoms with van der Waals surface area (Å²) in [6, 6.07) is 0.278. The Labute approximate surface area is 57.9 Å². The molecule has 1 unspecified atom stereocenters. The van der Waals surface area contributed by atoms with Crippen molar-refractivity contribution in [3.8, 4) is 0 Å². The molecule has 0 aliphatic carbocycles. The van der Waals surface area contributed by atoms with Crippen molar-refractivity contribution in [3.63, 3.8) is 0 Å². The van der Waals surface area contributed by atoms with Crippen LogP contribution in [-0.4, -0.2) is 6.04 Å². The van der Waals surface area contributed by atoms with Gasteiger partial charge in [-0.25, -0.2) is 0 Å². The summed E-state index contributed by atoms with van der Waals surface area (Å²) in [6.07, 6.45) is 4.39. The van der Waals surface area contributed by atoms with Gasteiger partial charge in [0.25, 0.3) is 0 Å². The van der Waals surface area contributed by atoms with E-state index in [2.05, 4.69) is 26.8 Å². The van der Waals surface area contributed by atoms with E-state index in [-0.39, 0.29) is 6.04 Å². The van der Waals surface area contributed by atoms with Crippen LogP contribution in [0.2, 0.25) is 0 Å². The predicted octanol–water partition coefficient (Wildman–Crippen LogP) is 2.08. The zero-order chi connectivity index (χ0) is 7.28. The summed E-state index contributed by atoms with van der Waals surface area (Å²) < 4.78 is 0. The molecule has 0 fully saturated rings. The number of hydrogen-bond acceptors (Lipinski definition) is 1. The van der Waals surface area contributed by atoms with E-state index < -0.39 is 0 Å². The second kappa shape index (κ2) is 4.57. The lowest BCUT2D eigenvalue weighted by atomic mass is 10.1. The van der Waals surface area contributed by atoms with Crippen LogP contribution in [0.5, 0.6) is 0 Å². The minimum atomic E-state index is 0.278. The number of allylic oxidation sites excluding steroid dienone is 1. The van der Waals surface area contributed by atoms with Crippen molar-refractivity contribution < 1.29 is 0 Å². The topological polar surface area (TPSA) is 26.0 Å². The predicted molar refractivity (Wildman–Crippen MR) is 42.3 cm³/mol. The van der Waals surface area contributed by atoms with E-state index in [0.29, 0.717) is 0 Å². The van der Waals surface area contributed by atoms with Crippen LogP contribution in [0.25, 0.3) is 0 Å². The summed E-state index contributed by atoms with van der Waals surface area (Å²) in [7, 11) is 0. The molecule has 0 aromatic heterocycles. The van der Waals surface area contributed by atoms with Crippen LogP contribution in [0.3, 0.4) is 0 Å². The Bertz CT molecular complexity index is 90.7. The highest BCUT2D eigenvalue weighted by atomic mass is 14.6. The van der Waals surface area contributed by atoms with E-state index in [0.717, 1.165) is 6.42 Å². The molecule has 54 valence electrons. The van der Waals surface area contributed by atoms with Crippen molar-refractivity contribution in [3.05, 3.63) is 11.6 Å². The maximum atomic E-state index is 5.71. The molecule has 0 spiro atoms. The van der Waals surface area contributed by atoms with Gasteiger partial charge in [0.15, 0.2) is 0 Å². The molecule has 0 amide bonds. The summed E-state index contributed by atoms with van der Waals surface area (Å²) in [4.78, 5) is 0. The first-order valence-corrected chi connectivity index (χ1v) is 3.57. The molecule has 1 nitrogen and oxygen atoms in total. The van der Waals surface area contributed by atoms with Gasteiger partial charge in [-0.3, -0.25) is 0 Å². The van der Waals surface area contributed by atoms with Gasteiger partial charge < -0.3 is 5.73 Å². The van der Waals surface area contributed by atoms with Crippen molar-refractivity contribution in [1.29, 1.82) is 0 Å². The van der Waals surface area contributed by atoms with Crippen molar-refractivity contribution in [2.75, 3.05) is 0 Å². The van der Waals surface area contributed by atoms with Gasteiger partial charge in [0, 0.05) is 6.04 Å². The molecule has 0 saturated carbocycles. The average molecular weight is 127 g/mol. The smallest absolute Gasteiger partial charge is 0.0225 e. The summed E-state index contributed by atoms with van der Waals surface area (Å²) >= 11 is 0. The van der Waals surface area contributed by atoms with Crippen molar-refractivity contribution >= 4 is 0 Å². The molecule has 0 radical (unpaired) electrons. The largest absolute Gasteiger partial charge is 0.324 e. The first kappa shape index (κ1) is 8.70. The van der Waals surface area contributed by atoms with E-state index in [1.165, 1.54) is 12.0 Å². The molecule has 0 aromatic rings. The minimum Gasteiger partial charge on any atom is -0.324 e. The van der Waals surface area contributed by atoms with Gasteiger partial charge in [-0.05, 0) is 20.3 Å². The third-order valence-electron chi connectivity index (χ3n) is 1.17. The standard InChI is InChI=1S/C8H17N/c1-4-5-8(9)6-7(2)3/h6,8H,4-5,9H2,1-3H3. The van der Waals surface area contributed by atoms with Crippen LogP contribution in [-0.2, 0) is 0 Å². The molecular weight excluding hydrogens is 110 g/mol. The zero-order valence-electron chi connectivity index (χ0n) is 6.65. The second-order valence-electron chi connectivity index (χ2n) is 2.70. The van der Waals surface area contributed by atoms with Crippen LogP contribution in [0.4, 0.5) is 0 Å². The fourth-order valence-electron chi connectivity index (χ4n) is 0.845. The molecular formula is C8H17N. The molecule has 0 aliphatic heterocycles. The number of nitrogens with two attached hydrogens (primary N) is 1. The Morgan fingerprint density at radius 1 is 1.56 bits per heavy atom. The molecule has 0 aliphatic rings. The SMILES string of the molecule is CCCC(N)C=C(C)C. The number of rotatable bonds is 3. The highest BCUT2D eigenvalue weighted by Crippen LogP contribution is 1.98. The third kappa shape index (κ3) is 5.57. The molecule has 1 atom stereocenters. The molecule has 0 rings (SSSR count). The molecule has 1 heteroatoms. The normalized spacial score (nSPS) is 12.9. The number of hydrogen-bond donors (Lipinski definition) is 1. The Morgan fingerprint density at radius 2 is 2.11 bits per heavy atom. The molecule has 0 heterocycles. The average Bonchev–Trinajstić information content (AvgIpc) is 1.63. The van der Waals surface area contributed by atoms with Gasteiger partial charge >= 0.3 is 0 Å². The Morgan fingerprint density at radius 3 is 2.44 bits per heavy atom. The first-order chi connectivity index (χ1) is 4.16. The molecule has 0 bridgehead atoms. The van der Waals surface area contributed by atoms with E-state index in [4.69, 9.17) is 5.73 Å². The summed E-state index contributed by atoms with van der Waals surface area (Å²) in [5.41, 5.74) is 7.02. The van der Waals surface area contributed by atoms with E-state index >= 15 is 0 Å². The van der Waals surface area contributed by atoms with E-state index in [1.807, 2.05) is 0 Å². The van der Waals surface area contributed by atoms with Crippen molar-refractivity contribution in [1.82, 2.24) is 0 Å². The van der Waals surface area contributed by atoms with Crippen LogP contribution < -0.4 is 5.73 Å². The molecule has 2 N–H and O–H groups in total. The minimum absolute atomic E-state index is 0.278. The quantitative estimate of drug-likeness (QED) is 0.577. The van der Waals surface area contributed by atoms with Gasteiger partial charge in [-0.2, -0.15) is 0 Å². The van der Waals surface area contributed by atoms with Gasteiger partial charge in [0.1, 0.15) is 0 Å². The van der Waals surface area contributed by atoms with Crippen LogP contribution >= 0.6 is 0 Å². The lowest BCUT2D eigenvalue weighted by Crippen LogP contribution is -2.16. The highest BCUT2D eigenvalue weighted by Gasteiger charge is 1.93. The van der Waals surface area contributed by atoms with E-state index in [1.54, 1.807) is 0 Å². The Hall–Kier alpha value is -0.300. The Balaban J connectivity index is 3.49. The zero-order valence-corrected chi connectivity index (χ0v) is 6.65. The van der Waals surface area contributed by atoms with Crippen LogP contribution in [0.1, 0.15) is 33.6 Å². The molecule has 0 aromatic carbocycles. The van der Waals surface area contributed by atoms with Crippen LogP contribution in [0.15, 0.2) is 11.6 Å². The summed E-state index contributed by atoms with van der Waals surface area (Å²) in [5, 5.41) is 0. The van der Waals surface area contributed by atoms with Gasteiger partial charge in [-0.15, -0.1) is 0 Å². The maximum Gasteiger partial charge on any atom is 0.0225 e. The van der Waals surface area contributed by atoms with Crippen LogP contribution in [0, 0.1) is 0 Å². The summed E-state index contributed by atoms with van der Waals surface area (Å²) in [5.74, 6) is 0.